The van der Waals surface area contributed by atoms with E-state index in [1.165, 1.54) is 0 Å². The van der Waals surface area contributed by atoms with Gasteiger partial charge in [-0.1, -0.05) is 6.92 Å². The van der Waals surface area contributed by atoms with Gasteiger partial charge in [0.25, 0.3) is 5.56 Å². The second-order valence-corrected chi connectivity index (χ2v) is 5.26. The molecular weight excluding hydrogens is 328 g/mol. The van der Waals surface area contributed by atoms with Crippen LogP contribution in [0.15, 0.2) is 23.0 Å². The second-order valence-electron chi connectivity index (χ2n) is 5.26. The largest absolute Gasteiger partial charge is 0.416 e. The first-order valence-electron chi connectivity index (χ1n) is 7.00. The molecule has 0 saturated heterocycles. The van der Waals surface area contributed by atoms with E-state index in [9.17, 15) is 27.2 Å². The van der Waals surface area contributed by atoms with E-state index < -0.39 is 40.2 Å². The first kappa shape index (κ1) is 17.7. The van der Waals surface area contributed by atoms with Gasteiger partial charge in [-0.05, 0) is 37.1 Å². The number of pyridine rings is 1. The molecule has 1 heterocycles. The average molecular weight is 342 g/mol. The van der Waals surface area contributed by atoms with Gasteiger partial charge in [0.1, 0.15) is 11.5 Å². The molecule has 0 bridgehead atoms. The Labute approximate surface area is 134 Å². The number of aromatic nitrogens is 1. The van der Waals surface area contributed by atoms with Crippen molar-refractivity contribution in [1.82, 2.24) is 4.98 Å². The van der Waals surface area contributed by atoms with Crippen LogP contribution in [-0.2, 0) is 12.6 Å². The summed E-state index contributed by atoms with van der Waals surface area (Å²) >= 11 is 0. The van der Waals surface area contributed by atoms with Gasteiger partial charge in [0, 0.05) is 11.3 Å². The minimum atomic E-state index is -4.81. The van der Waals surface area contributed by atoms with E-state index in [4.69, 9.17) is 5.73 Å². The number of aryl methyl sites for hydroxylation is 1. The second kappa shape index (κ2) is 6.10. The summed E-state index contributed by atoms with van der Waals surface area (Å²) in [6.45, 7) is 3.24. The van der Waals surface area contributed by atoms with Gasteiger partial charge < -0.3 is 10.7 Å². The maximum atomic E-state index is 13.5. The maximum absolute atomic E-state index is 13.5. The zero-order valence-electron chi connectivity index (χ0n) is 12.8. The molecular formula is C16H14F4N2O2. The fourth-order valence-electron chi connectivity index (χ4n) is 2.51. The highest BCUT2D eigenvalue weighted by atomic mass is 19.4. The minimum Gasteiger partial charge on any atom is -0.394 e. The Morgan fingerprint density at radius 2 is 1.88 bits per heavy atom. The monoisotopic (exact) mass is 342 g/mol. The van der Waals surface area contributed by atoms with Gasteiger partial charge in [-0.2, -0.15) is 13.2 Å². The Balaban J connectivity index is 2.71. The molecule has 1 aromatic heterocycles. The minimum absolute atomic E-state index is 0.197. The fraction of sp³-hybridized carbons (Fsp3) is 0.250. The summed E-state index contributed by atoms with van der Waals surface area (Å²) in [5, 5.41) is 0. The summed E-state index contributed by atoms with van der Waals surface area (Å²) in [6, 6.07) is 1.53. The van der Waals surface area contributed by atoms with Crippen LogP contribution in [0.4, 0.5) is 23.2 Å². The Morgan fingerprint density at radius 3 is 2.42 bits per heavy atom. The van der Waals surface area contributed by atoms with E-state index in [-0.39, 0.29) is 5.56 Å². The molecule has 1 aromatic carbocycles. The van der Waals surface area contributed by atoms with Crippen LogP contribution < -0.4 is 11.3 Å². The summed E-state index contributed by atoms with van der Waals surface area (Å²) in [4.78, 5) is 26.9. The number of rotatable bonds is 3. The van der Waals surface area contributed by atoms with Gasteiger partial charge in [0.2, 0.25) is 0 Å². The zero-order chi connectivity index (χ0) is 18.2. The van der Waals surface area contributed by atoms with Crippen molar-refractivity contribution in [3.63, 3.8) is 0 Å². The molecule has 0 atom stereocenters. The standard InChI is InChI=1S/C16H14F4N2O2/c1-3-11-7(2)22-15(24)13(21)12(11)14(23)8-4-9(16(18,19)20)6-10(17)5-8/h4-6H,3,21H2,1-2H3,(H,22,24). The highest BCUT2D eigenvalue weighted by Crippen LogP contribution is 2.31. The third kappa shape index (κ3) is 3.17. The Kier molecular flexibility index (Phi) is 4.50. The van der Waals surface area contributed by atoms with Gasteiger partial charge in [-0.25, -0.2) is 4.39 Å². The molecule has 128 valence electrons. The number of carbonyl (C=O) groups is 1. The van der Waals surface area contributed by atoms with E-state index in [0.717, 1.165) is 0 Å². The van der Waals surface area contributed by atoms with Gasteiger partial charge in [0.15, 0.2) is 5.78 Å². The summed E-state index contributed by atoms with van der Waals surface area (Å²) in [7, 11) is 0. The quantitative estimate of drug-likeness (QED) is 0.664. The van der Waals surface area contributed by atoms with Crippen LogP contribution in [0.2, 0.25) is 0 Å². The smallest absolute Gasteiger partial charge is 0.394 e. The Bertz CT molecular complexity index is 870. The first-order chi connectivity index (χ1) is 11.1. The van der Waals surface area contributed by atoms with Gasteiger partial charge in [-0.3, -0.25) is 9.59 Å². The number of ketones is 1. The molecule has 0 aliphatic rings. The predicted molar refractivity (Wildman–Crippen MR) is 80.4 cm³/mol. The number of carbonyl (C=O) groups excluding carboxylic acids is 1. The number of anilines is 1. The van der Waals surface area contributed by atoms with Crippen LogP contribution in [0.3, 0.4) is 0 Å². The Morgan fingerprint density at radius 1 is 1.25 bits per heavy atom. The van der Waals surface area contributed by atoms with Gasteiger partial charge >= 0.3 is 6.18 Å². The molecule has 2 rings (SSSR count). The number of hydrogen-bond donors (Lipinski definition) is 2. The number of nitrogen functional groups attached to an aromatic ring is 1. The molecule has 24 heavy (non-hydrogen) atoms. The number of halogens is 4. The number of H-pyrrole nitrogens is 1. The van der Waals surface area contributed by atoms with E-state index in [1.54, 1.807) is 13.8 Å². The highest BCUT2D eigenvalue weighted by molar-refractivity contribution is 6.13. The third-order valence-corrected chi connectivity index (χ3v) is 3.64. The molecule has 0 spiro atoms. The normalized spacial score (nSPS) is 11.6. The average Bonchev–Trinajstić information content (AvgIpc) is 2.48. The molecule has 0 aliphatic carbocycles. The van der Waals surface area contributed by atoms with Crippen LogP contribution >= 0.6 is 0 Å². The highest BCUT2D eigenvalue weighted by Gasteiger charge is 2.32. The Hall–Kier alpha value is -2.64. The lowest BCUT2D eigenvalue weighted by atomic mass is 9.94. The van der Waals surface area contributed by atoms with Crippen molar-refractivity contribution >= 4 is 11.5 Å². The summed E-state index contributed by atoms with van der Waals surface area (Å²) in [5.74, 6) is -2.13. The van der Waals surface area contributed by atoms with Gasteiger partial charge in [0.05, 0.1) is 11.1 Å². The number of benzene rings is 1. The predicted octanol–water partition coefficient (Wildman–Crippen LogP) is 3.22. The van der Waals surface area contributed by atoms with Crippen LogP contribution in [0, 0.1) is 12.7 Å². The van der Waals surface area contributed by atoms with E-state index in [2.05, 4.69) is 4.98 Å². The fourth-order valence-corrected chi connectivity index (χ4v) is 2.51. The van der Waals surface area contributed by atoms with Crippen LogP contribution in [-0.4, -0.2) is 10.8 Å². The molecule has 4 nitrogen and oxygen atoms in total. The number of hydrogen-bond acceptors (Lipinski definition) is 3. The van der Waals surface area contributed by atoms with Crippen molar-refractivity contribution < 1.29 is 22.4 Å². The first-order valence-corrected chi connectivity index (χ1v) is 7.00. The van der Waals surface area contributed by atoms with Gasteiger partial charge in [-0.15, -0.1) is 0 Å². The molecule has 2 aromatic rings. The topological polar surface area (TPSA) is 75.9 Å². The molecule has 0 unspecified atom stereocenters. The van der Waals surface area contributed by atoms with E-state index >= 15 is 0 Å². The molecule has 0 radical (unpaired) electrons. The van der Waals surface area contributed by atoms with Crippen molar-refractivity contribution in [2.75, 3.05) is 5.73 Å². The summed E-state index contributed by atoms with van der Waals surface area (Å²) in [6.07, 6.45) is -4.49. The van der Waals surface area contributed by atoms with E-state index in [0.29, 0.717) is 35.9 Å². The van der Waals surface area contributed by atoms with Crippen molar-refractivity contribution in [2.24, 2.45) is 0 Å². The zero-order valence-corrected chi connectivity index (χ0v) is 12.8. The van der Waals surface area contributed by atoms with Crippen molar-refractivity contribution in [3.8, 4) is 0 Å². The molecule has 0 saturated carbocycles. The molecule has 0 aliphatic heterocycles. The van der Waals surface area contributed by atoms with Crippen molar-refractivity contribution in [3.05, 3.63) is 62.3 Å². The third-order valence-electron chi connectivity index (χ3n) is 3.64. The summed E-state index contributed by atoms with van der Waals surface area (Å²) < 4.78 is 52.0. The number of nitrogens with one attached hydrogen (secondary N) is 1. The lowest BCUT2D eigenvalue weighted by molar-refractivity contribution is -0.137. The molecule has 0 amide bonds. The molecule has 8 heteroatoms. The summed E-state index contributed by atoms with van der Waals surface area (Å²) in [5.41, 5.74) is 3.30. The molecule has 3 N–H and O–H groups in total. The van der Waals surface area contributed by atoms with E-state index in [1.807, 2.05) is 0 Å². The van der Waals surface area contributed by atoms with Crippen LogP contribution in [0.5, 0.6) is 0 Å². The van der Waals surface area contributed by atoms with Crippen molar-refractivity contribution in [1.29, 1.82) is 0 Å². The lowest BCUT2D eigenvalue weighted by Crippen LogP contribution is -2.22. The van der Waals surface area contributed by atoms with Crippen LogP contribution in [0.1, 0.15) is 39.7 Å². The lowest BCUT2D eigenvalue weighted by Gasteiger charge is -2.14. The van der Waals surface area contributed by atoms with Crippen LogP contribution in [0.25, 0.3) is 0 Å². The maximum Gasteiger partial charge on any atom is 0.416 e. The number of aromatic amines is 1. The van der Waals surface area contributed by atoms with Crippen molar-refractivity contribution in [2.45, 2.75) is 26.4 Å². The number of alkyl halides is 3. The SMILES string of the molecule is CCc1c(C)[nH]c(=O)c(N)c1C(=O)c1cc(F)cc(C(F)(F)F)c1. The molecule has 0 fully saturated rings. The number of nitrogens with two attached hydrogens (primary N) is 1.